The number of nitrogens with two attached hydrogens (primary N) is 1. The minimum atomic E-state index is 0.312. The topological polar surface area (TPSA) is 70.3 Å². The van der Waals surface area contributed by atoms with E-state index in [1.165, 1.54) is 11.9 Å². The highest BCUT2D eigenvalue weighted by Crippen LogP contribution is 2.30. The molecule has 2 rings (SSSR count). The van der Waals surface area contributed by atoms with Gasteiger partial charge in [-0.3, -0.25) is 0 Å². The first-order chi connectivity index (χ1) is 9.74. The minimum Gasteiger partial charge on any atom is -0.476 e. The van der Waals surface area contributed by atoms with Crippen molar-refractivity contribution in [2.75, 3.05) is 12.3 Å². The van der Waals surface area contributed by atoms with Crippen LogP contribution in [0.1, 0.15) is 25.8 Å². The second-order valence-electron chi connectivity index (χ2n) is 4.33. The number of aryl methyl sites for hydroxylation is 1. The van der Waals surface area contributed by atoms with E-state index >= 15 is 0 Å². The van der Waals surface area contributed by atoms with Crippen LogP contribution in [0.3, 0.4) is 0 Å². The van der Waals surface area contributed by atoms with E-state index in [-0.39, 0.29) is 0 Å². The molecule has 5 heteroatoms. The summed E-state index contributed by atoms with van der Waals surface area (Å²) in [4.78, 5) is 8.01. The van der Waals surface area contributed by atoms with Gasteiger partial charge in [-0.15, -0.1) is 0 Å². The average Bonchev–Trinajstić information content (AvgIpc) is 2.46. The normalized spacial score (nSPS) is 10.3. The van der Waals surface area contributed by atoms with Gasteiger partial charge < -0.3 is 15.2 Å². The van der Waals surface area contributed by atoms with E-state index in [0.717, 1.165) is 12.8 Å². The summed E-state index contributed by atoms with van der Waals surface area (Å²) in [6, 6.07) is 7.90. The Bertz CT molecular complexity index is 556. The summed E-state index contributed by atoms with van der Waals surface area (Å²) in [5, 5.41) is 0. The molecule has 20 heavy (non-hydrogen) atoms. The van der Waals surface area contributed by atoms with Crippen LogP contribution in [0.2, 0.25) is 0 Å². The average molecular weight is 273 g/mol. The number of rotatable bonds is 6. The molecule has 0 aliphatic carbocycles. The van der Waals surface area contributed by atoms with Gasteiger partial charge in [0.25, 0.3) is 0 Å². The molecule has 0 unspecified atom stereocenters. The molecular formula is C15H19N3O2. The zero-order chi connectivity index (χ0) is 14.4. The fraction of sp³-hybridized carbons (Fsp3) is 0.333. The zero-order valence-electron chi connectivity index (χ0n) is 11.8. The molecule has 0 aliphatic rings. The number of aromatic nitrogens is 2. The van der Waals surface area contributed by atoms with E-state index in [0.29, 0.717) is 29.8 Å². The van der Waals surface area contributed by atoms with Gasteiger partial charge in [-0.1, -0.05) is 25.5 Å². The van der Waals surface area contributed by atoms with Gasteiger partial charge in [0.1, 0.15) is 12.1 Å². The van der Waals surface area contributed by atoms with Crippen LogP contribution in [0.4, 0.5) is 5.69 Å². The molecule has 0 saturated carbocycles. The molecular weight excluding hydrogens is 254 g/mol. The molecule has 0 atom stereocenters. The predicted molar refractivity (Wildman–Crippen MR) is 78.1 cm³/mol. The maximum absolute atomic E-state index is 5.92. The van der Waals surface area contributed by atoms with Crippen molar-refractivity contribution >= 4 is 5.69 Å². The summed E-state index contributed by atoms with van der Waals surface area (Å²) in [5.74, 6) is 1.35. The van der Waals surface area contributed by atoms with E-state index in [1.54, 1.807) is 0 Å². The smallest absolute Gasteiger partial charge is 0.249 e. The van der Waals surface area contributed by atoms with E-state index < -0.39 is 0 Å². The first-order valence-corrected chi connectivity index (χ1v) is 6.74. The predicted octanol–water partition coefficient (Wildman–Crippen LogP) is 3.20. The highest BCUT2D eigenvalue weighted by Gasteiger charge is 2.11. The SMILES string of the molecule is CCCc1ccc(Oc2ncnc(OCC)c2N)cc1. The van der Waals surface area contributed by atoms with E-state index in [4.69, 9.17) is 15.2 Å². The number of benzene rings is 1. The van der Waals surface area contributed by atoms with Gasteiger partial charge >= 0.3 is 0 Å². The quantitative estimate of drug-likeness (QED) is 0.875. The Morgan fingerprint density at radius 2 is 1.75 bits per heavy atom. The molecule has 1 heterocycles. The second-order valence-corrected chi connectivity index (χ2v) is 4.33. The van der Waals surface area contributed by atoms with Crippen molar-refractivity contribution in [3.8, 4) is 17.5 Å². The highest BCUT2D eigenvalue weighted by atomic mass is 16.5. The van der Waals surface area contributed by atoms with E-state index in [1.807, 2.05) is 31.2 Å². The lowest BCUT2D eigenvalue weighted by Gasteiger charge is -2.10. The molecule has 2 N–H and O–H groups in total. The lowest BCUT2D eigenvalue weighted by molar-refractivity contribution is 0.325. The van der Waals surface area contributed by atoms with Crippen LogP contribution in [-0.4, -0.2) is 16.6 Å². The molecule has 1 aromatic carbocycles. The van der Waals surface area contributed by atoms with Crippen molar-refractivity contribution in [1.29, 1.82) is 0 Å². The van der Waals surface area contributed by atoms with Crippen LogP contribution in [0.15, 0.2) is 30.6 Å². The van der Waals surface area contributed by atoms with Gasteiger partial charge in [-0.2, -0.15) is 9.97 Å². The van der Waals surface area contributed by atoms with Crippen molar-refractivity contribution in [2.24, 2.45) is 0 Å². The first-order valence-electron chi connectivity index (χ1n) is 6.74. The van der Waals surface area contributed by atoms with Crippen LogP contribution < -0.4 is 15.2 Å². The molecule has 5 nitrogen and oxygen atoms in total. The number of nitrogens with zero attached hydrogens (tertiary/aromatic N) is 2. The second kappa shape index (κ2) is 6.75. The van der Waals surface area contributed by atoms with Crippen molar-refractivity contribution in [3.63, 3.8) is 0 Å². The Kier molecular flexibility index (Phi) is 4.76. The molecule has 0 bridgehead atoms. The molecule has 0 saturated heterocycles. The first kappa shape index (κ1) is 14.1. The number of ether oxygens (including phenoxy) is 2. The maximum Gasteiger partial charge on any atom is 0.249 e. The summed E-state index contributed by atoms with van der Waals surface area (Å²) < 4.78 is 11.0. The minimum absolute atomic E-state index is 0.312. The standard InChI is InChI=1S/C15H19N3O2/c1-3-5-11-6-8-12(9-7-11)20-15-13(16)14(19-4-2)17-10-18-15/h6-10H,3-5,16H2,1-2H3. The number of anilines is 1. The maximum atomic E-state index is 5.92. The van der Waals surface area contributed by atoms with Gasteiger partial charge in [0, 0.05) is 0 Å². The van der Waals surface area contributed by atoms with Gasteiger partial charge in [0.05, 0.1) is 6.61 Å². The Morgan fingerprint density at radius 3 is 2.40 bits per heavy atom. The molecule has 2 aromatic rings. The molecule has 0 spiro atoms. The zero-order valence-corrected chi connectivity index (χ0v) is 11.8. The van der Waals surface area contributed by atoms with Crippen LogP contribution in [0, 0.1) is 0 Å². The van der Waals surface area contributed by atoms with Crippen LogP contribution in [-0.2, 0) is 6.42 Å². The summed E-state index contributed by atoms with van der Waals surface area (Å²) in [6.07, 6.45) is 3.56. The van der Waals surface area contributed by atoms with Gasteiger partial charge in [0.15, 0.2) is 5.69 Å². The fourth-order valence-electron chi connectivity index (χ4n) is 1.82. The van der Waals surface area contributed by atoms with E-state index in [2.05, 4.69) is 16.9 Å². The van der Waals surface area contributed by atoms with Gasteiger partial charge in [0.2, 0.25) is 11.8 Å². The Balaban J connectivity index is 2.15. The Hall–Kier alpha value is -2.30. The molecule has 0 aliphatic heterocycles. The summed E-state index contributed by atoms with van der Waals surface area (Å²) >= 11 is 0. The summed E-state index contributed by atoms with van der Waals surface area (Å²) in [6.45, 7) is 4.52. The highest BCUT2D eigenvalue weighted by molar-refractivity contribution is 5.56. The molecule has 0 amide bonds. The van der Waals surface area contributed by atoms with Gasteiger partial charge in [-0.05, 0) is 31.0 Å². The third-order valence-corrected chi connectivity index (χ3v) is 2.77. The lowest BCUT2D eigenvalue weighted by atomic mass is 10.1. The van der Waals surface area contributed by atoms with Crippen LogP contribution in [0.25, 0.3) is 0 Å². The van der Waals surface area contributed by atoms with Crippen molar-refractivity contribution in [1.82, 2.24) is 9.97 Å². The summed E-state index contributed by atoms with van der Waals surface area (Å²) in [7, 11) is 0. The number of hydrogen-bond donors (Lipinski definition) is 1. The molecule has 106 valence electrons. The fourth-order valence-corrected chi connectivity index (χ4v) is 1.82. The van der Waals surface area contributed by atoms with Crippen molar-refractivity contribution < 1.29 is 9.47 Å². The third-order valence-electron chi connectivity index (χ3n) is 2.77. The van der Waals surface area contributed by atoms with Crippen LogP contribution >= 0.6 is 0 Å². The third kappa shape index (κ3) is 3.38. The van der Waals surface area contributed by atoms with Crippen LogP contribution in [0.5, 0.6) is 17.5 Å². The van der Waals surface area contributed by atoms with Gasteiger partial charge in [-0.25, -0.2) is 0 Å². The number of nitrogen functional groups attached to an aromatic ring is 1. The summed E-state index contributed by atoms with van der Waals surface area (Å²) in [5.41, 5.74) is 7.51. The Labute approximate surface area is 118 Å². The monoisotopic (exact) mass is 273 g/mol. The molecule has 0 fully saturated rings. The molecule has 1 aromatic heterocycles. The Morgan fingerprint density at radius 1 is 1.05 bits per heavy atom. The number of hydrogen-bond acceptors (Lipinski definition) is 5. The van der Waals surface area contributed by atoms with Crippen molar-refractivity contribution in [3.05, 3.63) is 36.2 Å². The van der Waals surface area contributed by atoms with Crippen molar-refractivity contribution in [2.45, 2.75) is 26.7 Å². The largest absolute Gasteiger partial charge is 0.476 e. The molecule has 0 radical (unpaired) electrons. The lowest BCUT2D eigenvalue weighted by Crippen LogP contribution is -2.02. The van der Waals surface area contributed by atoms with E-state index in [9.17, 15) is 0 Å².